The average Bonchev–Trinajstić information content (AvgIpc) is 2.18. The molecule has 0 aromatic rings. The van der Waals surface area contributed by atoms with Crippen molar-refractivity contribution in [2.45, 2.75) is 48.5 Å². The van der Waals surface area contributed by atoms with Gasteiger partial charge in [-0.2, -0.15) is 0 Å². The normalized spacial score (nSPS) is 27.8. The van der Waals surface area contributed by atoms with Crippen LogP contribution in [0.1, 0.15) is 39.0 Å². The number of nitrogens with one attached hydrogen (secondary N) is 1. The Balaban J connectivity index is 2.40. The number of hydrogen-bond donors (Lipinski definition) is 1. The molecule has 0 aromatic carbocycles. The van der Waals surface area contributed by atoms with E-state index in [-0.39, 0.29) is 5.91 Å². The van der Waals surface area contributed by atoms with Crippen LogP contribution in [-0.4, -0.2) is 11.9 Å². The van der Waals surface area contributed by atoms with Crippen LogP contribution < -0.4 is 5.32 Å². The van der Waals surface area contributed by atoms with E-state index < -0.39 is 23.3 Å². The van der Waals surface area contributed by atoms with Crippen molar-refractivity contribution in [3.8, 4) is 0 Å². The molecule has 1 saturated carbocycles. The Hall–Kier alpha value is 0.695. The summed E-state index contributed by atoms with van der Waals surface area (Å²) in [6, 6.07) is 0.431. The number of carbonyl (C=O) groups is 1. The van der Waals surface area contributed by atoms with Crippen LogP contribution in [-0.2, 0) is 28.1 Å². The molecule has 1 fully saturated rings. The second kappa shape index (κ2) is 6.23. The quantitative estimate of drug-likeness (QED) is 0.738. The fraction of sp³-hybridized carbons (Fsp3) is 0.889. The van der Waals surface area contributed by atoms with Crippen molar-refractivity contribution in [3.63, 3.8) is 0 Å². The van der Waals surface area contributed by atoms with Crippen LogP contribution in [0.4, 0.5) is 0 Å². The van der Waals surface area contributed by atoms with Crippen LogP contribution >= 0.6 is 8.25 Å². The molecule has 4 heteroatoms. The van der Waals surface area contributed by atoms with E-state index in [1.54, 1.807) is 0 Å². The molecule has 13 heavy (non-hydrogen) atoms. The van der Waals surface area contributed by atoms with Gasteiger partial charge in [-0.15, -0.1) is 0 Å². The van der Waals surface area contributed by atoms with Crippen molar-refractivity contribution >= 4 is 14.2 Å². The summed E-state index contributed by atoms with van der Waals surface area (Å²) < 4.78 is 0.714. The number of halogens is 1. The molecule has 1 aliphatic rings. The van der Waals surface area contributed by atoms with Crippen molar-refractivity contribution in [2.75, 3.05) is 0 Å². The number of carbonyl (C=O) groups excluding carboxylic acids is 1. The van der Waals surface area contributed by atoms with Crippen LogP contribution in [0, 0.1) is 0 Å². The van der Waals surface area contributed by atoms with Gasteiger partial charge in [-0.1, -0.05) is 0 Å². The van der Waals surface area contributed by atoms with E-state index >= 15 is 0 Å². The standard InChI is InChI=1S/C9H16NO.ClH.Hg/c1-2-9(11)10-8-6-4-3-5-7-8;;/h6,8H,2-5,7H2,1H3,(H,10,11);1H;/q;;+1/p-1. The molecule has 0 aliphatic heterocycles. The zero-order valence-corrected chi connectivity index (χ0v) is 14.4. The molecule has 1 rings (SSSR count). The van der Waals surface area contributed by atoms with E-state index in [1.165, 1.54) is 19.3 Å². The molecule has 2 unspecified atom stereocenters. The Morgan fingerprint density at radius 2 is 2.23 bits per heavy atom. The Labute approximate surface area is 95.7 Å². The first-order chi connectivity index (χ1) is 6.27. The van der Waals surface area contributed by atoms with Gasteiger partial charge in [0.1, 0.15) is 0 Å². The summed E-state index contributed by atoms with van der Waals surface area (Å²) in [4.78, 5) is 11.2. The molecule has 0 aromatic heterocycles. The molecule has 1 aliphatic carbocycles. The molecule has 0 bridgehead atoms. The molecule has 72 valence electrons. The second-order valence-electron chi connectivity index (χ2n) is 3.73. The summed E-state index contributed by atoms with van der Waals surface area (Å²) in [5, 5.41) is 3.10. The molecule has 0 spiro atoms. The fourth-order valence-electron chi connectivity index (χ4n) is 1.89. The molecule has 1 N–H and O–H groups in total. The van der Waals surface area contributed by atoms with Crippen molar-refractivity contribution in [1.82, 2.24) is 5.32 Å². The zero-order chi connectivity index (χ0) is 9.68. The van der Waals surface area contributed by atoms with Gasteiger partial charge in [0.2, 0.25) is 0 Å². The van der Waals surface area contributed by atoms with Crippen LogP contribution in [0.2, 0.25) is 3.43 Å². The minimum absolute atomic E-state index is 0.190. The number of amides is 1. The first-order valence-corrected chi connectivity index (χ1v) is 15.1. The molecule has 0 saturated heterocycles. The summed E-state index contributed by atoms with van der Waals surface area (Å²) in [5.74, 6) is 0.190. The van der Waals surface area contributed by atoms with Gasteiger partial charge in [-0.25, -0.2) is 0 Å². The van der Waals surface area contributed by atoms with Gasteiger partial charge in [-0.3, -0.25) is 0 Å². The molecule has 2 nitrogen and oxygen atoms in total. The second-order valence-corrected chi connectivity index (χ2v) is 11.7. The zero-order valence-electron chi connectivity index (χ0n) is 8.18. The third kappa shape index (κ3) is 3.74. The van der Waals surface area contributed by atoms with Gasteiger partial charge in [0.15, 0.2) is 0 Å². The first kappa shape index (κ1) is 11.8. The van der Waals surface area contributed by atoms with Crippen molar-refractivity contribution in [1.29, 1.82) is 0 Å². The Morgan fingerprint density at radius 1 is 1.54 bits per heavy atom. The SMILES string of the molecule is CCC(=O)NC1CCCC[CH]1[Hg][Cl]. The van der Waals surface area contributed by atoms with Crippen LogP contribution in [0.25, 0.3) is 0 Å². The summed E-state index contributed by atoms with van der Waals surface area (Å²) >= 11 is -1.16. The maximum absolute atomic E-state index is 11.2. The average molecular weight is 390 g/mol. The van der Waals surface area contributed by atoms with E-state index in [2.05, 4.69) is 5.32 Å². The fourth-order valence-corrected chi connectivity index (χ4v) is 9.07. The Bertz CT molecular complexity index is 177. The van der Waals surface area contributed by atoms with Crippen molar-refractivity contribution in [3.05, 3.63) is 0 Å². The topological polar surface area (TPSA) is 29.1 Å². The van der Waals surface area contributed by atoms with E-state index in [4.69, 9.17) is 8.25 Å². The molecular weight excluding hydrogens is 374 g/mol. The van der Waals surface area contributed by atoms with Gasteiger partial charge < -0.3 is 0 Å². The molecular formula is C9H16ClHgNO. The predicted octanol–water partition coefficient (Wildman–Crippen LogP) is 2.48. The number of rotatable bonds is 3. The third-order valence-corrected chi connectivity index (χ3v) is 11.6. The van der Waals surface area contributed by atoms with E-state index in [0.29, 0.717) is 15.9 Å². The van der Waals surface area contributed by atoms with Gasteiger partial charge >= 0.3 is 96.1 Å². The van der Waals surface area contributed by atoms with Crippen molar-refractivity contribution < 1.29 is 28.1 Å². The molecule has 0 heterocycles. The minimum atomic E-state index is -1.16. The van der Waals surface area contributed by atoms with Crippen LogP contribution in [0.15, 0.2) is 0 Å². The van der Waals surface area contributed by atoms with E-state index in [1.807, 2.05) is 6.92 Å². The predicted molar refractivity (Wildman–Crippen MR) is 50.3 cm³/mol. The van der Waals surface area contributed by atoms with Gasteiger partial charge in [0.05, 0.1) is 0 Å². The Kier molecular flexibility index (Phi) is 5.64. The van der Waals surface area contributed by atoms with Gasteiger partial charge in [0.25, 0.3) is 0 Å². The molecule has 2 atom stereocenters. The summed E-state index contributed by atoms with van der Waals surface area (Å²) in [5.41, 5.74) is 0. The molecule has 0 radical (unpaired) electrons. The molecule has 1 amide bonds. The van der Waals surface area contributed by atoms with E-state index in [0.717, 1.165) is 6.42 Å². The summed E-state index contributed by atoms with van der Waals surface area (Å²) in [6.45, 7) is 1.90. The third-order valence-electron chi connectivity index (χ3n) is 2.77. The van der Waals surface area contributed by atoms with Gasteiger partial charge in [0, 0.05) is 0 Å². The Morgan fingerprint density at radius 3 is 2.85 bits per heavy atom. The van der Waals surface area contributed by atoms with E-state index in [9.17, 15) is 4.79 Å². The maximum atomic E-state index is 11.2. The van der Waals surface area contributed by atoms with Crippen LogP contribution in [0.5, 0.6) is 0 Å². The monoisotopic (exact) mass is 391 g/mol. The van der Waals surface area contributed by atoms with Crippen molar-refractivity contribution in [2.24, 2.45) is 0 Å². The first-order valence-electron chi connectivity index (χ1n) is 5.13. The summed E-state index contributed by atoms with van der Waals surface area (Å²) in [6.07, 6.45) is 5.59. The number of hydrogen-bond acceptors (Lipinski definition) is 1. The van der Waals surface area contributed by atoms with Gasteiger partial charge in [-0.05, 0) is 0 Å². The van der Waals surface area contributed by atoms with Crippen LogP contribution in [0.3, 0.4) is 0 Å². The summed E-state index contributed by atoms with van der Waals surface area (Å²) in [7, 11) is 6.07.